The molecule has 108 valence electrons. The van der Waals surface area contributed by atoms with Crippen LogP contribution in [0.4, 0.5) is 0 Å². The number of halogens is 1. The number of hydrogen-bond acceptors (Lipinski definition) is 2. The van der Waals surface area contributed by atoms with Gasteiger partial charge in [-0.25, -0.2) is 0 Å². The Labute approximate surface area is 129 Å². The van der Waals surface area contributed by atoms with E-state index >= 15 is 0 Å². The summed E-state index contributed by atoms with van der Waals surface area (Å²) >= 11 is 3.43. The maximum atomic E-state index is 12.3. The van der Waals surface area contributed by atoms with E-state index in [1.165, 1.54) is 5.56 Å². The molecule has 0 heterocycles. The molecular formula is C17H21BrO2. The van der Waals surface area contributed by atoms with Crippen molar-refractivity contribution in [2.45, 2.75) is 33.6 Å². The summed E-state index contributed by atoms with van der Waals surface area (Å²) in [7, 11) is 0. The average Bonchev–Trinajstić information content (AvgIpc) is 2.67. The zero-order valence-corrected chi connectivity index (χ0v) is 13.9. The predicted molar refractivity (Wildman–Crippen MR) is 84.5 cm³/mol. The third-order valence-corrected chi connectivity index (χ3v) is 4.11. The Bertz CT molecular complexity index is 514. The summed E-state index contributed by atoms with van der Waals surface area (Å²) in [6.45, 7) is 6.81. The first-order chi connectivity index (χ1) is 9.47. The molecule has 2 nitrogen and oxygen atoms in total. The first-order valence-corrected chi connectivity index (χ1v) is 7.88. The third kappa shape index (κ3) is 3.72. The molecule has 0 N–H and O–H groups in total. The van der Waals surface area contributed by atoms with Crippen LogP contribution in [0.3, 0.4) is 0 Å². The summed E-state index contributed by atoms with van der Waals surface area (Å²) in [4.78, 5) is 12.3. The van der Waals surface area contributed by atoms with E-state index in [0.29, 0.717) is 12.5 Å². The molecule has 0 aliphatic heterocycles. The molecule has 1 aliphatic carbocycles. The number of ether oxygens (including phenoxy) is 1. The Balaban J connectivity index is 1.99. The number of hydrogen-bond donors (Lipinski definition) is 0. The molecule has 1 aromatic rings. The van der Waals surface area contributed by atoms with Crippen LogP contribution >= 0.6 is 15.9 Å². The topological polar surface area (TPSA) is 26.3 Å². The molecule has 0 radical (unpaired) electrons. The number of Topliss-reactive ketones (excluding diaryl/α,β-unsaturated/α-hetero) is 1. The number of carbonyl (C=O) groups is 1. The second-order valence-corrected chi connectivity index (χ2v) is 6.76. The van der Waals surface area contributed by atoms with Gasteiger partial charge in [0.2, 0.25) is 0 Å². The minimum atomic E-state index is 0.0401. The van der Waals surface area contributed by atoms with Gasteiger partial charge in [-0.05, 0) is 37.0 Å². The predicted octanol–water partition coefficient (Wildman–Crippen LogP) is 4.53. The number of rotatable bonds is 5. The Hall–Kier alpha value is -1.09. The van der Waals surface area contributed by atoms with Crippen molar-refractivity contribution >= 4 is 21.7 Å². The molecule has 1 aromatic carbocycles. The number of allylic oxidation sites excluding steroid dienone is 2. The number of benzene rings is 1. The molecule has 1 unspecified atom stereocenters. The van der Waals surface area contributed by atoms with E-state index in [0.717, 1.165) is 28.6 Å². The Kier molecular flexibility index (Phi) is 5.03. The van der Waals surface area contributed by atoms with Crippen molar-refractivity contribution in [1.82, 2.24) is 0 Å². The van der Waals surface area contributed by atoms with Gasteiger partial charge in [-0.15, -0.1) is 0 Å². The molecule has 0 spiro atoms. The third-order valence-electron chi connectivity index (χ3n) is 3.58. The fourth-order valence-electron chi connectivity index (χ4n) is 2.42. The van der Waals surface area contributed by atoms with Gasteiger partial charge in [-0.2, -0.15) is 0 Å². The smallest absolute Gasteiger partial charge is 0.165 e. The molecule has 0 aromatic heterocycles. The SMILES string of the molecule is CC1=C(OCC(C)C)CC(Cc2ccc(Br)cc2)C1=O. The summed E-state index contributed by atoms with van der Waals surface area (Å²) in [5.74, 6) is 1.66. The van der Waals surface area contributed by atoms with E-state index in [9.17, 15) is 4.79 Å². The van der Waals surface area contributed by atoms with E-state index in [4.69, 9.17) is 4.74 Å². The molecule has 2 rings (SSSR count). The van der Waals surface area contributed by atoms with Crippen LogP contribution in [0.5, 0.6) is 0 Å². The van der Waals surface area contributed by atoms with E-state index in [1.807, 2.05) is 19.1 Å². The maximum Gasteiger partial charge on any atom is 0.165 e. The molecular weight excluding hydrogens is 316 g/mol. The second kappa shape index (κ2) is 6.57. The normalized spacial score (nSPS) is 19.1. The monoisotopic (exact) mass is 336 g/mol. The highest BCUT2D eigenvalue weighted by atomic mass is 79.9. The van der Waals surface area contributed by atoms with Crippen molar-refractivity contribution < 1.29 is 9.53 Å². The van der Waals surface area contributed by atoms with Crippen molar-refractivity contribution in [1.29, 1.82) is 0 Å². The Morgan fingerprint density at radius 3 is 2.55 bits per heavy atom. The van der Waals surface area contributed by atoms with Crippen LogP contribution in [0.2, 0.25) is 0 Å². The van der Waals surface area contributed by atoms with Crippen LogP contribution < -0.4 is 0 Å². The summed E-state index contributed by atoms with van der Waals surface area (Å²) in [5.41, 5.74) is 2.01. The molecule has 0 saturated heterocycles. The van der Waals surface area contributed by atoms with Crippen LogP contribution in [0.1, 0.15) is 32.8 Å². The molecule has 1 atom stereocenters. The van der Waals surface area contributed by atoms with Gasteiger partial charge in [0.05, 0.1) is 6.61 Å². The molecule has 0 bridgehead atoms. The van der Waals surface area contributed by atoms with Gasteiger partial charge in [0.25, 0.3) is 0 Å². The second-order valence-electron chi connectivity index (χ2n) is 5.85. The molecule has 20 heavy (non-hydrogen) atoms. The summed E-state index contributed by atoms with van der Waals surface area (Å²) in [6.07, 6.45) is 1.53. The quantitative estimate of drug-likeness (QED) is 0.789. The van der Waals surface area contributed by atoms with Crippen LogP contribution in [0.15, 0.2) is 40.1 Å². The van der Waals surface area contributed by atoms with Crippen LogP contribution in [-0.2, 0) is 16.0 Å². The summed E-state index contributed by atoms with van der Waals surface area (Å²) < 4.78 is 6.85. The number of ketones is 1. The van der Waals surface area contributed by atoms with Gasteiger partial charge in [0.1, 0.15) is 5.76 Å². The van der Waals surface area contributed by atoms with E-state index in [1.54, 1.807) is 0 Å². The zero-order valence-electron chi connectivity index (χ0n) is 12.3. The van der Waals surface area contributed by atoms with Gasteiger partial charge in [0.15, 0.2) is 5.78 Å². The molecule has 1 aliphatic rings. The lowest BCUT2D eigenvalue weighted by Crippen LogP contribution is -2.12. The van der Waals surface area contributed by atoms with E-state index in [-0.39, 0.29) is 11.7 Å². The number of carbonyl (C=O) groups excluding carboxylic acids is 1. The van der Waals surface area contributed by atoms with Crippen molar-refractivity contribution in [3.8, 4) is 0 Å². The standard InChI is InChI=1S/C17H21BrO2/c1-11(2)10-20-16-9-14(17(19)12(16)3)8-13-4-6-15(18)7-5-13/h4-7,11,14H,8-10H2,1-3H3. The Morgan fingerprint density at radius 2 is 1.95 bits per heavy atom. The highest BCUT2D eigenvalue weighted by Gasteiger charge is 2.31. The highest BCUT2D eigenvalue weighted by molar-refractivity contribution is 9.10. The summed E-state index contributed by atoms with van der Waals surface area (Å²) in [6, 6.07) is 8.18. The first kappa shape index (κ1) is 15.3. The van der Waals surface area contributed by atoms with Crippen molar-refractivity contribution in [2.24, 2.45) is 11.8 Å². The Morgan fingerprint density at radius 1 is 1.30 bits per heavy atom. The lowest BCUT2D eigenvalue weighted by Gasteiger charge is -2.11. The fraction of sp³-hybridized carbons (Fsp3) is 0.471. The fourth-order valence-corrected chi connectivity index (χ4v) is 2.68. The summed E-state index contributed by atoms with van der Waals surface area (Å²) in [5, 5.41) is 0. The zero-order chi connectivity index (χ0) is 14.7. The van der Waals surface area contributed by atoms with Gasteiger partial charge in [-0.1, -0.05) is 41.9 Å². The maximum absolute atomic E-state index is 12.3. The van der Waals surface area contributed by atoms with Crippen molar-refractivity contribution in [3.05, 3.63) is 45.6 Å². The van der Waals surface area contributed by atoms with Crippen LogP contribution in [0.25, 0.3) is 0 Å². The van der Waals surface area contributed by atoms with Crippen molar-refractivity contribution in [3.63, 3.8) is 0 Å². The van der Waals surface area contributed by atoms with E-state index in [2.05, 4.69) is 41.9 Å². The molecule has 0 saturated carbocycles. The van der Waals surface area contributed by atoms with Crippen molar-refractivity contribution in [2.75, 3.05) is 6.61 Å². The lowest BCUT2D eigenvalue weighted by atomic mass is 9.95. The largest absolute Gasteiger partial charge is 0.497 e. The molecule has 0 fully saturated rings. The lowest BCUT2D eigenvalue weighted by molar-refractivity contribution is -0.118. The van der Waals surface area contributed by atoms with Crippen LogP contribution in [-0.4, -0.2) is 12.4 Å². The molecule has 3 heteroatoms. The first-order valence-electron chi connectivity index (χ1n) is 7.08. The average molecular weight is 337 g/mol. The van der Waals surface area contributed by atoms with E-state index < -0.39 is 0 Å². The van der Waals surface area contributed by atoms with Gasteiger partial charge < -0.3 is 4.74 Å². The van der Waals surface area contributed by atoms with Gasteiger partial charge in [0, 0.05) is 22.4 Å². The highest BCUT2D eigenvalue weighted by Crippen LogP contribution is 2.31. The molecule has 0 amide bonds. The van der Waals surface area contributed by atoms with Gasteiger partial charge in [-0.3, -0.25) is 4.79 Å². The van der Waals surface area contributed by atoms with Gasteiger partial charge >= 0.3 is 0 Å². The van der Waals surface area contributed by atoms with Crippen LogP contribution in [0, 0.1) is 11.8 Å². The minimum Gasteiger partial charge on any atom is -0.497 e. The minimum absolute atomic E-state index is 0.0401.